The maximum Gasteiger partial charge on any atom is 0.234 e. The maximum atomic E-state index is 11.3. The standard InChI is InChI=1S/C13H19ClN2O2/c1-3-15-13(17)10-16(2)8-9-18-12-6-4-11(14)5-7-12/h4-7H,3,8-10H2,1-2H3,(H,15,17). The number of hydrogen-bond acceptors (Lipinski definition) is 3. The number of ether oxygens (including phenoxy) is 1. The number of amides is 1. The molecule has 0 heterocycles. The molecule has 1 aromatic carbocycles. The average molecular weight is 271 g/mol. The lowest BCUT2D eigenvalue weighted by Crippen LogP contribution is -2.36. The van der Waals surface area contributed by atoms with Crippen LogP contribution in [0.15, 0.2) is 24.3 Å². The molecular weight excluding hydrogens is 252 g/mol. The summed E-state index contributed by atoms with van der Waals surface area (Å²) in [6, 6.07) is 7.23. The number of carbonyl (C=O) groups is 1. The molecule has 18 heavy (non-hydrogen) atoms. The van der Waals surface area contributed by atoms with Gasteiger partial charge < -0.3 is 10.1 Å². The Kier molecular flexibility index (Phi) is 6.54. The minimum Gasteiger partial charge on any atom is -0.492 e. The molecule has 100 valence electrons. The van der Waals surface area contributed by atoms with Gasteiger partial charge in [0.15, 0.2) is 0 Å². The van der Waals surface area contributed by atoms with Crippen molar-refractivity contribution in [2.45, 2.75) is 6.92 Å². The maximum absolute atomic E-state index is 11.3. The lowest BCUT2D eigenvalue weighted by molar-refractivity contribution is -0.121. The van der Waals surface area contributed by atoms with Crippen molar-refractivity contribution in [2.75, 3.05) is 33.3 Å². The summed E-state index contributed by atoms with van der Waals surface area (Å²) in [5.74, 6) is 0.817. The smallest absolute Gasteiger partial charge is 0.234 e. The second-order valence-corrected chi connectivity index (χ2v) is 4.43. The third-order valence-corrected chi connectivity index (χ3v) is 2.59. The summed E-state index contributed by atoms with van der Waals surface area (Å²) in [6.07, 6.45) is 0. The predicted molar refractivity (Wildman–Crippen MR) is 73.1 cm³/mol. The zero-order valence-corrected chi connectivity index (χ0v) is 11.5. The highest BCUT2D eigenvalue weighted by Gasteiger charge is 2.05. The Labute approximate surface area is 113 Å². The van der Waals surface area contributed by atoms with Crippen LogP contribution in [0.1, 0.15) is 6.92 Å². The molecule has 0 spiro atoms. The van der Waals surface area contributed by atoms with E-state index in [4.69, 9.17) is 16.3 Å². The van der Waals surface area contributed by atoms with Gasteiger partial charge in [0, 0.05) is 18.1 Å². The van der Waals surface area contributed by atoms with Gasteiger partial charge in [0.2, 0.25) is 5.91 Å². The van der Waals surface area contributed by atoms with Crippen LogP contribution in [0.4, 0.5) is 0 Å². The van der Waals surface area contributed by atoms with Gasteiger partial charge >= 0.3 is 0 Å². The molecule has 0 atom stereocenters. The van der Waals surface area contributed by atoms with Gasteiger partial charge in [-0.15, -0.1) is 0 Å². The number of hydrogen-bond donors (Lipinski definition) is 1. The fourth-order valence-corrected chi connectivity index (χ4v) is 1.55. The fourth-order valence-electron chi connectivity index (χ4n) is 1.43. The lowest BCUT2D eigenvalue weighted by Gasteiger charge is -2.16. The SMILES string of the molecule is CCNC(=O)CN(C)CCOc1ccc(Cl)cc1. The average Bonchev–Trinajstić information content (AvgIpc) is 2.32. The van der Waals surface area contributed by atoms with Crippen molar-refractivity contribution in [3.8, 4) is 5.75 Å². The number of rotatable bonds is 7. The highest BCUT2D eigenvalue weighted by Crippen LogP contribution is 2.15. The van der Waals surface area contributed by atoms with Crippen LogP contribution in [0.5, 0.6) is 5.75 Å². The third kappa shape index (κ3) is 5.89. The Morgan fingerprint density at radius 1 is 1.39 bits per heavy atom. The largest absolute Gasteiger partial charge is 0.492 e. The summed E-state index contributed by atoms with van der Waals surface area (Å²) < 4.78 is 5.54. The van der Waals surface area contributed by atoms with Crippen molar-refractivity contribution < 1.29 is 9.53 Å². The van der Waals surface area contributed by atoms with Gasteiger partial charge in [-0.25, -0.2) is 0 Å². The van der Waals surface area contributed by atoms with Crippen LogP contribution in [-0.2, 0) is 4.79 Å². The van der Waals surface area contributed by atoms with Crippen LogP contribution in [0.2, 0.25) is 5.02 Å². The Morgan fingerprint density at radius 3 is 2.67 bits per heavy atom. The van der Waals surface area contributed by atoms with E-state index in [2.05, 4.69) is 5.32 Å². The Morgan fingerprint density at radius 2 is 2.06 bits per heavy atom. The van der Waals surface area contributed by atoms with E-state index in [-0.39, 0.29) is 5.91 Å². The van der Waals surface area contributed by atoms with E-state index in [9.17, 15) is 4.79 Å². The van der Waals surface area contributed by atoms with Crippen molar-refractivity contribution in [3.63, 3.8) is 0 Å². The second-order valence-electron chi connectivity index (χ2n) is 3.99. The molecule has 0 aliphatic carbocycles. The normalized spacial score (nSPS) is 10.4. The Bertz CT molecular complexity index is 368. The molecule has 1 aromatic rings. The van der Waals surface area contributed by atoms with E-state index in [0.29, 0.717) is 31.3 Å². The van der Waals surface area contributed by atoms with Crippen molar-refractivity contribution in [3.05, 3.63) is 29.3 Å². The van der Waals surface area contributed by atoms with Gasteiger partial charge in [0.25, 0.3) is 0 Å². The van der Waals surface area contributed by atoms with Crippen LogP contribution < -0.4 is 10.1 Å². The first-order chi connectivity index (χ1) is 8.61. The van der Waals surface area contributed by atoms with Crippen molar-refractivity contribution in [1.82, 2.24) is 10.2 Å². The molecule has 0 radical (unpaired) electrons. The van der Waals surface area contributed by atoms with Crippen LogP contribution >= 0.6 is 11.6 Å². The number of carbonyl (C=O) groups excluding carboxylic acids is 1. The van der Waals surface area contributed by atoms with E-state index in [1.165, 1.54) is 0 Å². The number of benzene rings is 1. The zero-order chi connectivity index (χ0) is 13.4. The Hall–Kier alpha value is -1.26. The summed E-state index contributed by atoms with van der Waals surface area (Å²) in [5.41, 5.74) is 0. The third-order valence-electron chi connectivity index (χ3n) is 2.34. The molecule has 0 unspecified atom stereocenters. The minimum absolute atomic E-state index is 0.0338. The highest BCUT2D eigenvalue weighted by atomic mass is 35.5. The molecule has 0 aliphatic heterocycles. The molecule has 0 aromatic heterocycles. The summed E-state index contributed by atoms with van der Waals surface area (Å²) >= 11 is 5.77. The molecule has 1 N–H and O–H groups in total. The van der Waals surface area contributed by atoms with Gasteiger partial charge in [-0.2, -0.15) is 0 Å². The summed E-state index contributed by atoms with van der Waals surface area (Å²) in [6.45, 7) is 4.19. The van der Waals surface area contributed by atoms with E-state index in [0.717, 1.165) is 5.75 Å². The predicted octanol–water partition coefficient (Wildman–Crippen LogP) is 1.79. The molecule has 1 rings (SSSR count). The topological polar surface area (TPSA) is 41.6 Å². The minimum atomic E-state index is 0.0338. The van der Waals surface area contributed by atoms with Gasteiger partial charge in [0.1, 0.15) is 12.4 Å². The van der Waals surface area contributed by atoms with E-state index in [1.807, 2.05) is 31.0 Å². The molecule has 0 bridgehead atoms. The molecule has 0 fully saturated rings. The fraction of sp³-hybridized carbons (Fsp3) is 0.462. The van der Waals surface area contributed by atoms with Crippen LogP contribution in [0.3, 0.4) is 0 Å². The molecule has 1 amide bonds. The monoisotopic (exact) mass is 270 g/mol. The van der Waals surface area contributed by atoms with Gasteiger partial charge in [0.05, 0.1) is 6.54 Å². The van der Waals surface area contributed by atoms with Gasteiger partial charge in [-0.3, -0.25) is 9.69 Å². The molecule has 0 saturated heterocycles. The first-order valence-corrected chi connectivity index (χ1v) is 6.33. The second kappa shape index (κ2) is 7.95. The molecular formula is C13H19ClN2O2. The van der Waals surface area contributed by atoms with E-state index in [1.54, 1.807) is 12.1 Å². The van der Waals surface area contributed by atoms with E-state index < -0.39 is 0 Å². The molecule has 0 aliphatic rings. The zero-order valence-electron chi connectivity index (χ0n) is 10.8. The number of nitrogens with one attached hydrogen (secondary N) is 1. The quantitative estimate of drug-likeness (QED) is 0.821. The van der Waals surface area contributed by atoms with Crippen molar-refractivity contribution in [1.29, 1.82) is 0 Å². The number of nitrogens with zero attached hydrogens (tertiary/aromatic N) is 1. The molecule has 4 nitrogen and oxygen atoms in total. The van der Waals surface area contributed by atoms with Crippen LogP contribution in [0.25, 0.3) is 0 Å². The van der Waals surface area contributed by atoms with Crippen LogP contribution in [-0.4, -0.2) is 44.1 Å². The number of likely N-dealkylation sites (N-methyl/N-ethyl adjacent to an activating group) is 2. The molecule has 0 saturated carbocycles. The first-order valence-electron chi connectivity index (χ1n) is 5.95. The summed E-state index contributed by atoms with van der Waals surface area (Å²) in [7, 11) is 1.89. The number of halogens is 1. The van der Waals surface area contributed by atoms with E-state index >= 15 is 0 Å². The van der Waals surface area contributed by atoms with Gasteiger partial charge in [-0.05, 0) is 38.2 Å². The summed E-state index contributed by atoms with van der Waals surface area (Å²) in [4.78, 5) is 13.2. The van der Waals surface area contributed by atoms with Crippen LogP contribution in [0, 0.1) is 0 Å². The lowest BCUT2D eigenvalue weighted by atomic mass is 10.3. The van der Waals surface area contributed by atoms with Crippen molar-refractivity contribution in [2.24, 2.45) is 0 Å². The van der Waals surface area contributed by atoms with Crippen molar-refractivity contribution >= 4 is 17.5 Å². The summed E-state index contributed by atoms with van der Waals surface area (Å²) in [5, 5.41) is 3.45. The van der Waals surface area contributed by atoms with Gasteiger partial charge in [-0.1, -0.05) is 11.6 Å². The highest BCUT2D eigenvalue weighted by molar-refractivity contribution is 6.30. The first kappa shape index (κ1) is 14.8. The Balaban J connectivity index is 2.21. The molecule has 5 heteroatoms.